The van der Waals surface area contributed by atoms with Crippen LogP contribution in [0.4, 0.5) is 11.4 Å². The molecule has 2 aromatic heterocycles. The number of aryl methyl sites for hydroxylation is 2. The fraction of sp³-hybridized carbons (Fsp3) is 0.182. The van der Waals surface area contributed by atoms with Crippen LogP contribution in [0.3, 0.4) is 0 Å². The first-order valence-electron chi connectivity index (χ1n) is 9.66. The van der Waals surface area contributed by atoms with Gasteiger partial charge < -0.3 is 15.4 Å². The lowest BCUT2D eigenvalue weighted by Gasteiger charge is -2.10. The molecular weight excluding hydrogens is 396 g/mol. The fourth-order valence-electron chi connectivity index (χ4n) is 3.19. The summed E-state index contributed by atoms with van der Waals surface area (Å²) in [4.78, 5) is 25.2. The summed E-state index contributed by atoms with van der Waals surface area (Å²) in [5.74, 6) is -0.209. The van der Waals surface area contributed by atoms with Gasteiger partial charge in [0.2, 0.25) is 0 Å². The Morgan fingerprint density at radius 3 is 2.39 bits per heavy atom. The highest BCUT2D eigenvalue weighted by Gasteiger charge is 2.20. The highest BCUT2D eigenvalue weighted by molar-refractivity contribution is 6.09. The largest absolute Gasteiger partial charge is 0.484 e. The van der Waals surface area contributed by atoms with Crippen LogP contribution in [-0.2, 0) is 18.9 Å². The molecule has 0 saturated heterocycles. The lowest BCUT2D eigenvalue weighted by Crippen LogP contribution is -2.23. The third-order valence-corrected chi connectivity index (χ3v) is 5.00. The standard InChI is InChI=1S/C22H22N6O3/c1-14-18(11-23-27(14)2)26-22(30)21-19(12-24-28(21)3)25-20(29)13-31-17-9-8-15-6-4-5-7-16(15)10-17/h4-12H,13H2,1-3H3,(H,25,29)(H,26,30). The highest BCUT2D eigenvalue weighted by atomic mass is 16.5. The molecule has 0 radical (unpaired) electrons. The molecule has 0 aliphatic carbocycles. The number of carbonyl (C=O) groups excluding carboxylic acids is 2. The third-order valence-electron chi connectivity index (χ3n) is 5.00. The zero-order valence-corrected chi connectivity index (χ0v) is 17.4. The van der Waals surface area contributed by atoms with Gasteiger partial charge in [0.15, 0.2) is 6.61 Å². The van der Waals surface area contributed by atoms with E-state index in [-0.39, 0.29) is 12.3 Å². The topological polar surface area (TPSA) is 103 Å². The SMILES string of the molecule is Cc1c(NC(=O)c2c(NC(=O)COc3ccc4ccccc4c3)cnn2C)cnn1C. The number of aromatic nitrogens is 4. The van der Waals surface area contributed by atoms with Gasteiger partial charge in [-0.1, -0.05) is 30.3 Å². The van der Waals surface area contributed by atoms with E-state index in [1.54, 1.807) is 25.0 Å². The monoisotopic (exact) mass is 418 g/mol. The van der Waals surface area contributed by atoms with Crippen molar-refractivity contribution in [2.75, 3.05) is 17.2 Å². The molecule has 0 aliphatic rings. The summed E-state index contributed by atoms with van der Waals surface area (Å²) in [7, 11) is 3.42. The zero-order chi connectivity index (χ0) is 22.0. The molecule has 0 bridgehead atoms. The molecular formula is C22H22N6O3. The number of anilines is 2. The van der Waals surface area contributed by atoms with Gasteiger partial charge in [-0.25, -0.2) is 0 Å². The molecule has 2 amide bonds. The van der Waals surface area contributed by atoms with Crippen LogP contribution in [0, 0.1) is 6.92 Å². The van der Waals surface area contributed by atoms with E-state index in [9.17, 15) is 9.59 Å². The van der Waals surface area contributed by atoms with Crippen molar-refractivity contribution in [3.05, 3.63) is 66.2 Å². The number of amides is 2. The van der Waals surface area contributed by atoms with Crippen LogP contribution in [0.15, 0.2) is 54.9 Å². The average Bonchev–Trinajstić information content (AvgIpc) is 3.28. The molecule has 0 aliphatic heterocycles. The number of hydrogen-bond acceptors (Lipinski definition) is 5. The Kier molecular flexibility index (Phi) is 5.40. The van der Waals surface area contributed by atoms with Crippen molar-refractivity contribution in [3.63, 3.8) is 0 Å². The number of rotatable bonds is 6. The van der Waals surface area contributed by atoms with Gasteiger partial charge in [0, 0.05) is 14.1 Å². The summed E-state index contributed by atoms with van der Waals surface area (Å²) < 4.78 is 8.68. The Morgan fingerprint density at radius 2 is 1.65 bits per heavy atom. The summed E-state index contributed by atoms with van der Waals surface area (Å²) in [6, 6.07) is 13.5. The summed E-state index contributed by atoms with van der Waals surface area (Å²) >= 11 is 0. The molecule has 4 aromatic rings. The molecule has 2 aromatic carbocycles. The van der Waals surface area contributed by atoms with E-state index in [1.807, 2.05) is 49.4 Å². The summed E-state index contributed by atoms with van der Waals surface area (Å²) in [5, 5.41) is 15.8. The molecule has 9 nitrogen and oxygen atoms in total. The fourth-order valence-corrected chi connectivity index (χ4v) is 3.19. The Morgan fingerprint density at radius 1 is 0.935 bits per heavy atom. The Hall–Kier alpha value is -4.14. The Bertz CT molecular complexity index is 1270. The Labute approximate surface area is 178 Å². The second-order valence-corrected chi connectivity index (χ2v) is 7.10. The predicted octanol–water partition coefficient (Wildman–Crippen LogP) is 2.89. The van der Waals surface area contributed by atoms with Crippen molar-refractivity contribution in [2.45, 2.75) is 6.92 Å². The van der Waals surface area contributed by atoms with Crippen molar-refractivity contribution in [1.29, 1.82) is 0 Å². The molecule has 0 atom stereocenters. The van der Waals surface area contributed by atoms with E-state index in [0.29, 0.717) is 17.1 Å². The van der Waals surface area contributed by atoms with Crippen molar-refractivity contribution in [2.24, 2.45) is 14.1 Å². The lowest BCUT2D eigenvalue weighted by molar-refractivity contribution is -0.118. The van der Waals surface area contributed by atoms with Crippen molar-refractivity contribution in [3.8, 4) is 5.75 Å². The first-order chi connectivity index (χ1) is 14.9. The maximum Gasteiger partial charge on any atom is 0.276 e. The van der Waals surface area contributed by atoms with Gasteiger partial charge in [0.25, 0.3) is 11.8 Å². The summed E-state index contributed by atoms with van der Waals surface area (Å²) in [6.45, 7) is 1.65. The van der Waals surface area contributed by atoms with Crippen LogP contribution in [0.1, 0.15) is 16.2 Å². The molecule has 2 heterocycles. The van der Waals surface area contributed by atoms with Gasteiger partial charge in [-0.15, -0.1) is 0 Å². The average molecular weight is 418 g/mol. The molecule has 2 N–H and O–H groups in total. The van der Waals surface area contributed by atoms with Crippen LogP contribution >= 0.6 is 0 Å². The minimum atomic E-state index is -0.401. The van der Waals surface area contributed by atoms with Gasteiger partial charge in [-0.2, -0.15) is 10.2 Å². The molecule has 0 saturated carbocycles. The second kappa shape index (κ2) is 8.31. The molecule has 0 spiro atoms. The van der Waals surface area contributed by atoms with Gasteiger partial charge in [0.05, 0.1) is 29.5 Å². The van der Waals surface area contributed by atoms with E-state index in [2.05, 4.69) is 20.8 Å². The number of nitrogens with zero attached hydrogens (tertiary/aromatic N) is 4. The van der Waals surface area contributed by atoms with Crippen molar-refractivity contribution < 1.29 is 14.3 Å². The first kappa shape index (κ1) is 20.1. The number of carbonyl (C=O) groups is 2. The number of fused-ring (bicyclic) bond motifs is 1. The van der Waals surface area contributed by atoms with Crippen LogP contribution < -0.4 is 15.4 Å². The van der Waals surface area contributed by atoms with Gasteiger partial charge >= 0.3 is 0 Å². The smallest absolute Gasteiger partial charge is 0.276 e. The second-order valence-electron chi connectivity index (χ2n) is 7.10. The Balaban J connectivity index is 1.42. The number of benzene rings is 2. The number of nitrogens with one attached hydrogen (secondary N) is 2. The van der Waals surface area contributed by atoms with Gasteiger partial charge in [0.1, 0.15) is 11.4 Å². The van der Waals surface area contributed by atoms with E-state index in [4.69, 9.17) is 4.74 Å². The maximum atomic E-state index is 12.8. The molecule has 158 valence electrons. The molecule has 0 unspecified atom stereocenters. The van der Waals surface area contributed by atoms with Crippen molar-refractivity contribution >= 4 is 34.0 Å². The van der Waals surface area contributed by atoms with Crippen LogP contribution in [0.25, 0.3) is 10.8 Å². The normalized spacial score (nSPS) is 10.8. The molecule has 9 heteroatoms. The number of hydrogen-bond donors (Lipinski definition) is 2. The van der Waals surface area contributed by atoms with Gasteiger partial charge in [-0.05, 0) is 29.8 Å². The van der Waals surface area contributed by atoms with E-state index < -0.39 is 11.8 Å². The van der Waals surface area contributed by atoms with E-state index in [1.165, 1.54) is 10.9 Å². The lowest BCUT2D eigenvalue weighted by atomic mass is 10.1. The van der Waals surface area contributed by atoms with Crippen molar-refractivity contribution in [1.82, 2.24) is 19.6 Å². The maximum absolute atomic E-state index is 12.8. The molecule has 0 fully saturated rings. The highest BCUT2D eigenvalue weighted by Crippen LogP contribution is 2.21. The predicted molar refractivity (Wildman–Crippen MR) is 117 cm³/mol. The number of ether oxygens (including phenoxy) is 1. The summed E-state index contributed by atoms with van der Waals surface area (Å²) in [5.41, 5.74) is 1.92. The zero-order valence-electron chi connectivity index (χ0n) is 17.4. The van der Waals surface area contributed by atoms with Crippen LogP contribution in [-0.4, -0.2) is 38.0 Å². The molecule has 4 rings (SSSR count). The van der Waals surface area contributed by atoms with Gasteiger partial charge in [-0.3, -0.25) is 19.0 Å². The van der Waals surface area contributed by atoms with Crippen LogP contribution in [0.5, 0.6) is 5.75 Å². The minimum Gasteiger partial charge on any atom is -0.484 e. The third kappa shape index (κ3) is 4.25. The molecule has 31 heavy (non-hydrogen) atoms. The summed E-state index contributed by atoms with van der Waals surface area (Å²) in [6.07, 6.45) is 3.00. The van der Waals surface area contributed by atoms with E-state index in [0.717, 1.165) is 16.5 Å². The first-order valence-corrected chi connectivity index (χ1v) is 9.66. The minimum absolute atomic E-state index is 0.198. The quantitative estimate of drug-likeness (QED) is 0.501. The van der Waals surface area contributed by atoms with E-state index >= 15 is 0 Å². The van der Waals surface area contributed by atoms with Crippen LogP contribution in [0.2, 0.25) is 0 Å².